The van der Waals surface area contributed by atoms with E-state index in [0.717, 1.165) is 32.4 Å². The van der Waals surface area contributed by atoms with Crippen molar-refractivity contribution in [1.82, 2.24) is 9.80 Å². The molecule has 160 valence electrons. The lowest BCUT2D eigenvalue weighted by molar-refractivity contribution is -0.119. The van der Waals surface area contributed by atoms with Gasteiger partial charge in [0.15, 0.2) is 0 Å². The van der Waals surface area contributed by atoms with E-state index in [9.17, 15) is 14.7 Å². The molecule has 0 radical (unpaired) electrons. The first-order valence-corrected chi connectivity index (χ1v) is 10.5. The normalized spacial score (nSPS) is 19.2. The second kappa shape index (κ2) is 9.93. The summed E-state index contributed by atoms with van der Waals surface area (Å²) in [6.45, 7) is 5.62. The molecule has 0 saturated carbocycles. The monoisotopic (exact) mass is 404 g/mol. The fourth-order valence-corrected chi connectivity index (χ4v) is 4.03. The Bertz CT molecular complexity index is 715. The Balaban J connectivity index is 1.65. The van der Waals surface area contributed by atoms with Crippen LogP contribution in [0.1, 0.15) is 32.6 Å². The summed E-state index contributed by atoms with van der Waals surface area (Å²) in [7, 11) is 1.58. The Morgan fingerprint density at radius 2 is 1.97 bits per heavy atom. The number of rotatable bonds is 6. The van der Waals surface area contributed by atoms with Crippen molar-refractivity contribution in [3.63, 3.8) is 0 Å². The molecule has 2 aliphatic heterocycles. The molecule has 3 rings (SSSR count). The number of benzene rings is 1. The van der Waals surface area contributed by atoms with Gasteiger partial charge < -0.3 is 25.0 Å². The van der Waals surface area contributed by atoms with E-state index in [2.05, 4.69) is 17.1 Å². The van der Waals surface area contributed by atoms with Crippen LogP contribution in [-0.2, 0) is 4.79 Å². The molecule has 8 heteroatoms. The molecule has 0 spiro atoms. The number of piperazine rings is 1. The number of urea groups is 1. The van der Waals surface area contributed by atoms with Gasteiger partial charge in [-0.05, 0) is 37.5 Å². The SMILES string of the molecule is CC[C@@H](CO)N1CCN(C(=O)Nc2ccc(OC)c(N3CCCCC3=O)c2)CC1. The minimum Gasteiger partial charge on any atom is -0.495 e. The number of nitrogens with one attached hydrogen (secondary N) is 1. The highest BCUT2D eigenvalue weighted by molar-refractivity contribution is 5.97. The van der Waals surface area contributed by atoms with Crippen LogP contribution in [-0.4, -0.2) is 79.3 Å². The second-order valence-corrected chi connectivity index (χ2v) is 7.59. The molecule has 1 aromatic rings. The number of aliphatic hydroxyl groups is 1. The predicted octanol–water partition coefficient (Wildman–Crippen LogP) is 2.13. The number of amides is 3. The lowest BCUT2D eigenvalue weighted by Gasteiger charge is -2.38. The Kier molecular flexibility index (Phi) is 7.33. The number of hydrogen-bond donors (Lipinski definition) is 2. The molecule has 0 unspecified atom stereocenters. The summed E-state index contributed by atoms with van der Waals surface area (Å²) < 4.78 is 5.44. The zero-order valence-corrected chi connectivity index (χ0v) is 17.4. The van der Waals surface area contributed by atoms with Crippen molar-refractivity contribution < 1.29 is 19.4 Å². The maximum atomic E-state index is 12.7. The molecule has 0 bridgehead atoms. The molecular weight excluding hydrogens is 372 g/mol. The summed E-state index contributed by atoms with van der Waals surface area (Å²) in [6.07, 6.45) is 3.31. The van der Waals surface area contributed by atoms with Crippen LogP contribution < -0.4 is 15.0 Å². The summed E-state index contributed by atoms with van der Waals surface area (Å²) >= 11 is 0. The summed E-state index contributed by atoms with van der Waals surface area (Å²) in [5.41, 5.74) is 1.35. The highest BCUT2D eigenvalue weighted by atomic mass is 16.5. The Morgan fingerprint density at radius 1 is 1.21 bits per heavy atom. The van der Waals surface area contributed by atoms with Crippen molar-refractivity contribution in [2.45, 2.75) is 38.6 Å². The average Bonchev–Trinajstić information content (AvgIpc) is 2.75. The van der Waals surface area contributed by atoms with Crippen molar-refractivity contribution in [3.8, 4) is 5.75 Å². The van der Waals surface area contributed by atoms with Crippen molar-refractivity contribution in [2.75, 3.05) is 56.7 Å². The molecule has 2 heterocycles. The fraction of sp³-hybridized carbons (Fsp3) is 0.619. The van der Waals surface area contributed by atoms with Gasteiger partial charge in [-0.25, -0.2) is 4.79 Å². The molecule has 8 nitrogen and oxygen atoms in total. The fourth-order valence-electron chi connectivity index (χ4n) is 4.03. The number of piperidine rings is 1. The van der Waals surface area contributed by atoms with E-state index in [0.29, 0.717) is 43.2 Å². The number of nitrogens with zero attached hydrogens (tertiary/aromatic N) is 3. The maximum absolute atomic E-state index is 12.7. The number of anilines is 2. The highest BCUT2D eigenvalue weighted by Crippen LogP contribution is 2.33. The zero-order chi connectivity index (χ0) is 20.8. The maximum Gasteiger partial charge on any atom is 0.321 e. The molecule has 1 aromatic carbocycles. The van der Waals surface area contributed by atoms with Gasteiger partial charge in [-0.1, -0.05) is 6.92 Å². The highest BCUT2D eigenvalue weighted by Gasteiger charge is 2.26. The van der Waals surface area contributed by atoms with Gasteiger partial charge in [0.2, 0.25) is 5.91 Å². The summed E-state index contributed by atoms with van der Waals surface area (Å²) in [5.74, 6) is 0.713. The van der Waals surface area contributed by atoms with E-state index in [1.54, 1.807) is 29.0 Å². The number of hydrogen-bond acceptors (Lipinski definition) is 5. The van der Waals surface area contributed by atoms with Crippen LogP contribution in [0.25, 0.3) is 0 Å². The molecule has 2 fully saturated rings. The zero-order valence-electron chi connectivity index (χ0n) is 17.4. The van der Waals surface area contributed by atoms with Crippen LogP contribution in [0.5, 0.6) is 5.75 Å². The third-order valence-electron chi connectivity index (χ3n) is 5.84. The van der Waals surface area contributed by atoms with Crippen LogP contribution in [0.4, 0.5) is 16.2 Å². The van der Waals surface area contributed by atoms with Crippen LogP contribution in [0.15, 0.2) is 18.2 Å². The van der Waals surface area contributed by atoms with Gasteiger partial charge in [0.05, 0.1) is 19.4 Å². The first-order valence-electron chi connectivity index (χ1n) is 10.5. The predicted molar refractivity (Wildman–Crippen MR) is 113 cm³/mol. The lowest BCUT2D eigenvalue weighted by Crippen LogP contribution is -2.53. The van der Waals surface area contributed by atoms with Gasteiger partial charge in [-0.2, -0.15) is 0 Å². The van der Waals surface area contributed by atoms with Crippen LogP contribution in [0, 0.1) is 0 Å². The quantitative estimate of drug-likeness (QED) is 0.759. The summed E-state index contributed by atoms with van der Waals surface area (Å²) in [6, 6.07) is 5.41. The van der Waals surface area contributed by atoms with E-state index in [-0.39, 0.29) is 24.6 Å². The van der Waals surface area contributed by atoms with Gasteiger partial charge in [-0.15, -0.1) is 0 Å². The van der Waals surface area contributed by atoms with Crippen LogP contribution in [0.3, 0.4) is 0 Å². The van der Waals surface area contributed by atoms with Gasteiger partial charge >= 0.3 is 6.03 Å². The molecule has 2 aliphatic rings. The molecule has 3 amide bonds. The van der Waals surface area contributed by atoms with E-state index in [1.165, 1.54) is 0 Å². The molecule has 2 N–H and O–H groups in total. The molecule has 2 saturated heterocycles. The molecule has 29 heavy (non-hydrogen) atoms. The third-order valence-corrected chi connectivity index (χ3v) is 5.84. The Labute approximate surface area is 172 Å². The number of carbonyl (C=O) groups excluding carboxylic acids is 2. The number of aliphatic hydroxyl groups excluding tert-OH is 1. The van der Waals surface area contributed by atoms with Crippen molar-refractivity contribution in [3.05, 3.63) is 18.2 Å². The van der Waals surface area contributed by atoms with Crippen molar-refractivity contribution >= 4 is 23.3 Å². The topological polar surface area (TPSA) is 85.3 Å². The van der Waals surface area contributed by atoms with Crippen LogP contribution >= 0.6 is 0 Å². The van der Waals surface area contributed by atoms with Gasteiger partial charge in [-0.3, -0.25) is 9.69 Å². The summed E-state index contributed by atoms with van der Waals surface area (Å²) in [5, 5.41) is 12.4. The number of carbonyl (C=O) groups is 2. The van der Waals surface area contributed by atoms with E-state index in [4.69, 9.17) is 4.74 Å². The third kappa shape index (κ3) is 5.00. The van der Waals surface area contributed by atoms with E-state index in [1.807, 2.05) is 6.07 Å². The Morgan fingerprint density at radius 3 is 2.59 bits per heavy atom. The smallest absolute Gasteiger partial charge is 0.321 e. The number of methoxy groups -OCH3 is 1. The van der Waals surface area contributed by atoms with Crippen molar-refractivity contribution in [2.24, 2.45) is 0 Å². The van der Waals surface area contributed by atoms with Gasteiger partial charge in [0.25, 0.3) is 0 Å². The minimum atomic E-state index is -0.150. The minimum absolute atomic E-state index is 0.0866. The van der Waals surface area contributed by atoms with Gasteiger partial charge in [0.1, 0.15) is 5.75 Å². The number of ether oxygens (including phenoxy) is 1. The molecule has 0 aromatic heterocycles. The second-order valence-electron chi connectivity index (χ2n) is 7.59. The molecule has 1 atom stereocenters. The lowest BCUT2D eigenvalue weighted by atomic mass is 10.1. The van der Waals surface area contributed by atoms with Crippen molar-refractivity contribution in [1.29, 1.82) is 0 Å². The summed E-state index contributed by atoms with van der Waals surface area (Å²) in [4.78, 5) is 30.8. The van der Waals surface area contributed by atoms with E-state index >= 15 is 0 Å². The average molecular weight is 405 g/mol. The first kappa shape index (κ1) is 21.4. The first-order chi connectivity index (χ1) is 14.1. The molecular formula is C21H32N4O4. The Hall–Kier alpha value is -2.32. The van der Waals surface area contributed by atoms with Crippen LogP contribution in [0.2, 0.25) is 0 Å². The largest absolute Gasteiger partial charge is 0.495 e. The standard InChI is InChI=1S/C21H32N4O4/c1-3-17(15-26)23-10-12-24(13-11-23)21(28)22-16-7-8-19(29-2)18(14-16)25-9-5-4-6-20(25)27/h7-8,14,17,26H,3-6,9-13,15H2,1-2H3,(H,22,28)/t17-/m0/s1. The van der Waals surface area contributed by atoms with E-state index < -0.39 is 0 Å². The van der Waals surface area contributed by atoms with Gasteiger partial charge in [0, 0.05) is 50.9 Å². The molecule has 0 aliphatic carbocycles.